The van der Waals surface area contributed by atoms with Crippen LogP contribution in [0.2, 0.25) is 0 Å². The van der Waals surface area contributed by atoms with Gasteiger partial charge in [0.15, 0.2) is 0 Å². The van der Waals surface area contributed by atoms with Crippen LogP contribution in [0.15, 0.2) is 30.3 Å². The molecule has 3 heterocycles. The molecule has 3 fully saturated rings. The van der Waals surface area contributed by atoms with Crippen LogP contribution in [0, 0.1) is 17.8 Å². The summed E-state index contributed by atoms with van der Waals surface area (Å²) in [5.74, 6) is -1.78. The molecule has 5 atom stereocenters. The maximum Gasteiger partial charge on any atom is 0.324 e. The van der Waals surface area contributed by atoms with Crippen molar-refractivity contribution in [1.29, 1.82) is 0 Å². The number of imide groups is 1. The molecule has 6 nitrogen and oxygen atoms in total. The summed E-state index contributed by atoms with van der Waals surface area (Å²) in [5, 5.41) is 0. The minimum Gasteiger partial charge on any atom is -0.459 e. The van der Waals surface area contributed by atoms with Crippen molar-refractivity contribution in [2.75, 3.05) is 13.6 Å². The monoisotopic (exact) mass is 342 g/mol. The Labute approximate surface area is 146 Å². The number of carbonyl (C=O) groups is 3. The summed E-state index contributed by atoms with van der Waals surface area (Å²) in [5.41, 5.74) is 1.05. The number of benzene rings is 1. The molecule has 4 rings (SSSR count). The molecule has 3 saturated heterocycles. The molecule has 25 heavy (non-hydrogen) atoms. The van der Waals surface area contributed by atoms with Gasteiger partial charge in [-0.3, -0.25) is 24.2 Å². The number of esters is 1. The highest BCUT2D eigenvalue weighted by Crippen LogP contribution is 2.47. The van der Waals surface area contributed by atoms with Crippen LogP contribution >= 0.6 is 0 Å². The van der Waals surface area contributed by atoms with Crippen LogP contribution in [0.25, 0.3) is 0 Å². The topological polar surface area (TPSA) is 66.9 Å². The van der Waals surface area contributed by atoms with Crippen molar-refractivity contribution in [3.8, 4) is 0 Å². The zero-order valence-corrected chi connectivity index (χ0v) is 14.6. The molecule has 0 saturated carbocycles. The number of morpholine rings is 1. The lowest BCUT2D eigenvalue weighted by atomic mass is 9.88. The minimum atomic E-state index is -0.674. The van der Waals surface area contributed by atoms with E-state index in [4.69, 9.17) is 4.74 Å². The van der Waals surface area contributed by atoms with Gasteiger partial charge in [0, 0.05) is 13.6 Å². The van der Waals surface area contributed by atoms with Gasteiger partial charge < -0.3 is 4.74 Å². The Bertz CT molecular complexity index is 732. The number of nitrogens with zero attached hydrogens (tertiary/aromatic N) is 2. The Morgan fingerprint density at radius 2 is 1.72 bits per heavy atom. The summed E-state index contributed by atoms with van der Waals surface area (Å²) >= 11 is 0. The average Bonchev–Trinajstić information content (AvgIpc) is 3.09. The van der Waals surface area contributed by atoms with E-state index in [1.54, 1.807) is 0 Å². The lowest BCUT2D eigenvalue weighted by Crippen LogP contribution is -2.56. The molecule has 3 aliphatic heterocycles. The van der Waals surface area contributed by atoms with Crippen molar-refractivity contribution < 1.29 is 19.1 Å². The van der Waals surface area contributed by atoms with Crippen LogP contribution in [0.1, 0.15) is 25.5 Å². The third kappa shape index (κ3) is 2.24. The van der Waals surface area contributed by atoms with Crippen molar-refractivity contribution in [1.82, 2.24) is 9.80 Å². The van der Waals surface area contributed by atoms with Gasteiger partial charge in [0.1, 0.15) is 12.1 Å². The van der Waals surface area contributed by atoms with Crippen LogP contribution in [0.3, 0.4) is 0 Å². The van der Waals surface area contributed by atoms with Crippen LogP contribution in [-0.2, 0) is 19.1 Å². The normalized spacial score (nSPS) is 35.1. The Hall–Kier alpha value is -2.21. The van der Waals surface area contributed by atoms with Crippen molar-refractivity contribution in [2.45, 2.75) is 32.0 Å². The Balaban J connectivity index is 1.77. The number of amides is 2. The second-order valence-corrected chi connectivity index (χ2v) is 7.51. The fourth-order valence-corrected chi connectivity index (χ4v) is 4.56. The number of likely N-dealkylation sites (tertiary alicyclic amines) is 1. The first-order valence-electron chi connectivity index (χ1n) is 8.74. The van der Waals surface area contributed by atoms with E-state index < -0.39 is 17.9 Å². The predicted molar refractivity (Wildman–Crippen MR) is 89.2 cm³/mol. The van der Waals surface area contributed by atoms with E-state index in [-0.39, 0.29) is 35.8 Å². The SMILES string of the molecule is CC(C)[C@@H]1OC(=O)[C@H]2[C@H]3C(=O)N(C)C(=O)[C@H]3CN2[C@@H]1c1ccccc1. The first-order chi connectivity index (χ1) is 11.9. The van der Waals surface area contributed by atoms with Crippen LogP contribution in [-0.4, -0.2) is 53.3 Å². The highest BCUT2D eigenvalue weighted by atomic mass is 16.6. The maximum atomic E-state index is 12.7. The lowest BCUT2D eigenvalue weighted by Gasteiger charge is -2.44. The zero-order valence-electron chi connectivity index (χ0n) is 14.6. The maximum absolute atomic E-state index is 12.7. The molecule has 132 valence electrons. The lowest BCUT2D eigenvalue weighted by molar-refractivity contribution is -0.179. The molecule has 1 aromatic rings. The summed E-state index contributed by atoms with van der Waals surface area (Å²) in [7, 11) is 1.49. The molecular formula is C19H22N2O4. The fraction of sp³-hybridized carbons (Fsp3) is 0.526. The van der Waals surface area contributed by atoms with Gasteiger partial charge in [-0.25, -0.2) is 0 Å². The molecule has 0 N–H and O–H groups in total. The van der Waals surface area contributed by atoms with E-state index in [1.165, 1.54) is 7.05 Å². The fourth-order valence-electron chi connectivity index (χ4n) is 4.56. The second-order valence-electron chi connectivity index (χ2n) is 7.51. The van der Waals surface area contributed by atoms with Crippen molar-refractivity contribution in [2.24, 2.45) is 17.8 Å². The van der Waals surface area contributed by atoms with E-state index in [2.05, 4.69) is 0 Å². The largest absolute Gasteiger partial charge is 0.459 e. The average molecular weight is 342 g/mol. The summed E-state index contributed by atoms with van der Waals surface area (Å²) in [6.07, 6.45) is -0.298. The molecule has 0 radical (unpaired) electrons. The summed E-state index contributed by atoms with van der Waals surface area (Å²) in [6, 6.07) is 9.08. The van der Waals surface area contributed by atoms with Crippen LogP contribution in [0.4, 0.5) is 0 Å². The standard InChI is InChI=1S/C19H22N2O4/c1-10(2)16-14(11-7-5-4-6-8-11)21-9-12-13(15(21)19(24)25-16)18(23)20(3)17(12)22/h4-8,10,12-16H,9H2,1-3H3/t12-,13-,14+,15+,16-/m0/s1. The molecule has 3 aliphatic rings. The summed E-state index contributed by atoms with van der Waals surface area (Å²) in [6.45, 7) is 4.46. The Kier molecular flexibility index (Phi) is 3.68. The van der Waals surface area contributed by atoms with Crippen molar-refractivity contribution in [3.05, 3.63) is 35.9 Å². The quantitative estimate of drug-likeness (QED) is 0.597. The second kappa shape index (κ2) is 5.66. The van der Waals surface area contributed by atoms with E-state index >= 15 is 0 Å². The van der Waals surface area contributed by atoms with Gasteiger partial charge in [-0.15, -0.1) is 0 Å². The number of hydrogen-bond donors (Lipinski definition) is 0. The number of carbonyl (C=O) groups excluding carboxylic acids is 3. The van der Waals surface area contributed by atoms with Gasteiger partial charge in [-0.2, -0.15) is 0 Å². The minimum absolute atomic E-state index is 0.129. The zero-order chi connectivity index (χ0) is 17.9. The molecule has 2 amide bonds. The number of rotatable bonds is 2. The molecule has 1 aromatic carbocycles. The van der Waals surface area contributed by atoms with Gasteiger partial charge in [-0.05, 0) is 11.5 Å². The van der Waals surface area contributed by atoms with Gasteiger partial charge >= 0.3 is 5.97 Å². The summed E-state index contributed by atoms with van der Waals surface area (Å²) in [4.78, 5) is 40.9. The van der Waals surface area contributed by atoms with E-state index in [0.717, 1.165) is 10.5 Å². The highest BCUT2D eigenvalue weighted by Gasteiger charge is 2.63. The first kappa shape index (κ1) is 16.3. The van der Waals surface area contributed by atoms with Gasteiger partial charge in [0.05, 0.1) is 17.9 Å². The molecule has 0 aromatic heterocycles. The molecule has 6 heteroatoms. The van der Waals surface area contributed by atoms with Crippen molar-refractivity contribution in [3.63, 3.8) is 0 Å². The van der Waals surface area contributed by atoms with Gasteiger partial charge in [0.2, 0.25) is 11.8 Å². The number of fused-ring (bicyclic) bond motifs is 3. The Morgan fingerprint density at radius 1 is 1.04 bits per heavy atom. The third-order valence-electron chi connectivity index (χ3n) is 5.76. The molecule has 0 unspecified atom stereocenters. The van der Waals surface area contributed by atoms with E-state index in [0.29, 0.717) is 6.54 Å². The third-order valence-corrected chi connectivity index (χ3v) is 5.76. The summed E-state index contributed by atoms with van der Waals surface area (Å²) < 4.78 is 5.79. The van der Waals surface area contributed by atoms with E-state index in [9.17, 15) is 14.4 Å². The smallest absolute Gasteiger partial charge is 0.324 e. The molecule has 0 spiro atoms. The number of cyclic esters (lactones) is 1. The van der Waals surface area contributed by atoms with Crippen LogP contribution < -0.4 is 0 Å². The van der Waals surface area contributed by atoms with Crippen molar-refractivity contribution >= 4 is 17.8 Å². The molecular weight excluding hydrogens is 320 g/mol. The Morgan fingerprint density at radius 3 is 2.36 bits per heavy atom. The van der Waals surface area contributed by atoms with E-state index in [1.807, 2.05) is 49.1 Å². The first-order valence-corrected chi connectivity index (χ1v) is 8.74. The molecule has 0 aliphatic carbocycles. The predicted octanol–water partition coefficient (Wildman–Crippen LogP) is 1.22. The number of ether oxygens (including phenoxy) is 1. The molecule has 0 bridgehead atoms. The van der Waals surface area contributed by atoms with Gasteiger partial charge in [0.25, 0.3) is 0 Å². The highest BCUT2D eigenvalue weighted by molar-refractivity contribution is 6.08. The number of hydrogen-bond acceptors (Lipinski definition) is 5. The van der Waals surface area contributed by atoms with Gasteiger partial charge in [-0.1, -0.05) is 44.2 Å². The van der Waals surface area contributed by atoms with Crippen LogP contribution in [0.5, 0.6) is 0 Å².